The van der Waals surface area contributed by atoms with Crippen molar-refractivity contribution < 1.29 is 14.3 Å². The summed E-state index contributed by atoms with van der Waals surface area (Å²) in [6.07, 6.45) is 0. The molecule has 0 amide bonds. The Bertz CT molecular complexity index is 989. The first kappa shape index (κ1) is 20.9. The summed E-state index contributed by atoms with van der Waals surface area (Å²) >= 11 is 6.42. The molecular weight excluding hydrogens is 388 g/mol. The number of halogens is 1. The molecule has 3 aromatic rings. The molecule has 0 aliphatic carbocycles. The lowest BCUT2D eigenvalue weighted by Crippen LogP contribution is -2.14. The molecule has 0 spiro atoms. The molecular formula is C23H25ClN2O3. The van der Waals surface area contributed by atoms with E-state index in [1.54, 1.807) is 11.6 Å². The summed E-state index contributed by atoms with van der Waals surface area (Å²) in [4.78, 5) is 12.5. The number of esters is 1. The Balaban J connectivity index is 1.60. The Morgan fingerprint density at radius 3 is 2.31 bits per heavy atom. The van der Waals surface area contributed by atoms with Gasteiger partial charge in [0, 0.05) is 0 Å². The average molecular weight is 413 g/mol. The lowest BCUT2D eigenvalue weighted by molar-refractivity contribution is 0.0449. The maximum absolute atomic E-state index is 12.5. The second-order valence-corrected chi connectivity index (χ2v) is 7.46. The van der Waals surface area contributed by atoms with Crippen LogP contribution in [-0.2, 0) is 11.3 Å². The molecule has 29 heavy (non-hydrogen) atoms. The number of ether oxygens (including phenoxy) is 2. The lowest BCUT2D eigenvalue weighted by atomic mass is 10.1. The zero-order valence-electron chi connectivity index (χ0n) is 17.2. The number of para-hydroxylation sites is 1. The van der Waals surface area contributed by atoms with Crippen LogP contribution in [0.2, 0.25) is 5.15 Å². The molecule has 0 unspecified atom stereocenters. The zero-order valence-corrected chi connectivity index (χ0v) is 17.9. The molecule has 1 aromatic heterocycles. The second kappa shape index (κ2) is 9.14. The molecule has 0 N–H and O–H groups in total. The lowest BCUT2D eigenvalue weighted by Gasteiger charge is -2.12. The molecule has 1 heterocycles. The zero-order chi connectivity index (χ0) is 21.0. The smallest absolute Gasteiger partial charge is 0.343 e. The van der Waals surface area contributed by atoms with Crippen molar-refractivity contribution in [2.45, 2.75) is 34.2 Å². The van der Waals surface area contributed by atoms with Crippen LogP contribution >= 0.6 is 11.6 Å². The summed E-state index contributed by atoms with van der Waals surface area (Å²) in [7, 11) is 0. The highest BCUT2D eigenvalue weighted by molar-refractivity contribution is 6.32. The predicted molar refractivity (Wildman–Crippen MR) is 114 cm³/mol. The van der Waals surface area contributed by atoms with Gasteiger partial charge in [0.2, 0.25) is 0 Å². The number of carbonyl (C=O) groups is 1. The Kier molecular flexibility index (Phi) is 6.60. The van der Waals surface area contributed by atoms with Gasteiger partial charge in [-0.3, -0.25) is 0 Å². The summed E-state index contributed by atoms with van der Waals surface area (Å²) in [5, 5.41) is 4.68. The molecule has 0 aliphatic rings. The molecule has 3 rings (SSSR count). The van der Waals surface area contributed by atoms with Crippen LogP contribution in [0.5, 0.6) is 5.75 Å². The summed E-state index contributed by atoms with van der Waals surface area (Å²) in [6.45, 7) is 8.65. The van der Waals surface area contributed by atoms with Crippen LogP contribution in [0.3, 0.4) is 0 Å². The third-order valence-corrected chi connectivity index (χ3v) is 5.08. The van der Waals surface area contributed by atoms with Gasteiger partial charge in [-0.05, 0) is 44.4 Å². The highest BCUT2D eigenvalue weighted by Crippen LogP contribution is 2.23. The predicted octanol–water partition coefficient (Wildman–Crippen LogP) is 5.05. The van der Waals surface area contributed by atoms with Crippen LogP contribution < -0.4 is 4.74 Å². The number of rotatable bonds is 7. The first-order valence-corrected chi connectivity index (χ1v) is 9.89. The van der Waals surface area contributed by atoms with Gasteiger partial charge in [-0.2, -0.15) is 5.10 Å². The minimum atomic E-state index is -0.493. The van der Waals surface area contributed by atoms with Crippen molar-refractivity contribution >= 4 is 17.6 Å². The molecule has 0 fully saturated rings. The van der Waals surface area contributed by atoms with Gasteiger partial charge < -0.3 is 9.47 Å². The van der Waals surface area contributed by atoms with Crippen LogP contribution in [-0.4, -0.2) is 29.0 Å². The summed E-state index contributed by atoms with van der Waals surface area (Å²) in [5.74, 6) is 0.330. The van der Waals surface area contributed by atoms with E-state index in [1.807, 2.05) is 63.2 Å². The Morgan fingerprint density at radius 2 is 1.66 bits per heavy atom. The maximum atomic E-state index is 12.5. The molecule has 0 bridgehead atoms. The molecule has 5 nitrogen and oxygen atoms in total. The van der Waals surface area contributed by atoms with Gasteiger partial charge in [0.15, 0.2) is 0 Å². The standard InChI is InChI=1S/C23H25ClN2O3/c1-15-8-10-19(11-9-15)14-26-22(24)20(18(4)25-26)23(27)29-13-12-28-21-16(2)6-5-7-17(21)3/h5-11H,12-14H2,1-4H3. The minimum absolute atomic E-state index is 0.130. The van der Waals surface area contributed by atoms with E-state index < -0.39 is 5.97 Å². The maximum Gasteiger partial charge on any atom is 0.343 e. The molecule has 6 heteroatoms. The van der Waals surface area contributed by atoms with Crippen LogP contribution in [0.1, 0.15) is 38.3 Å². The van der Waals surface area contributed by atoms with Crippen molar-refractivity contribution in [2.75, 3.05) is 13.2 Å². The first-order chi connectivity index (χ1) is 13.9. The summed E-state index contributed by atoms with van der Waals surface area (Å²) in [5.41, 5.74) is 5.18. The fourth-order valence-electron chi connectivity index (χ4n) is 3.13. The first-order valence-electron chi connectivity index (χ1n) is 9.51. The van der Waals surface area contributed by atoms with Crippen molar-refractivity contribution in [3.8, 4) is 5.75 Å². The number of carbonyl (C=O) groups excluding carboxylic acids is 1. The fraction of sp³-hybridized carbons (Fsp3) is 0.304. The number of nitrogens with zero attached hydrogens (tertiary/aromatic N) is 2. The van der Waals surface area contributed by atoms with Gasteiger partial charge in [-0.25, -0.2) is 9.48 Å². The molecule has 0 saturated carbocycles. The van der Waals surface area contributed by atoms with E-state index in [-0.39, 0.29) is 18.4 Å². The van der Waals surface area contributed by atoms with Gasteiger partial charge >= 0.3 is 5.97 Å². The molecule has 0 saturated heterocycles. The van der Waals surface area contributed by atoms with E-state index in [1.165, 1.54) is 5.56 Å². The highest BCUT2D eigenvalue weighted by atomic mass is 35.5. The number of aryl methyl sites for hydroxylation is 4. The number of hydrogen-bond acceptors (Lipinski definition) is 4. The third kappa shape index (κ3) is 4.98. The Labute approximate surface area is 176 Å². The molecule has 0 aliphatic heterocycles. The number of benzene rings is 2. The van der Waals surface area contributed by atoms with Crippen LogP contribution in [0.15, 0.2) is 42.5 Å². The van der Waals surface area contributed by atoms with Gasteiger partial charge in [0.25, 0.3) is 0 Å². The number of aromatic nitrogens is 2. The van der Waals surface area contributed by atoms with E-state index in [0.29, 0.717) is 17.8 Å². The monoisotopic (exact) mass is 412 g/mol. The van der Waals surface area contributed by atoms with Crippen molar-refractivity contribution in [1.82, 2.24) is 9.78 Å². The SMILES string of the molecule is Cc1ccc(Cn2nc(C)c(C(=O)OCCOc3c(C)cccc3C)c2Cl)cc1. The van der Waals surface area contributed by atoms with Crippen molar-refractivity contribution in [2.24, 2.45) is 0 Å². The topological polar surface area (TPSA) is 53.4 Å². The fourth-order valence-corrected chi connectivity index (χ4v) is 3.44. The van der Waals surface area contributed by atoms with Crippen LogP contribution in [0.4, 0.5) is 0 Å². The van der Waals surface area contributed by atoms with Gasteiger partial charge in [0.1, 0.15) is 29.7 Å². The summed E-state index contributed by atoms with van der Waals surface area (Å²) < 4.78 is 12.8. The van der Waals surface area contributed by atoms with Crippen LogP contribution in [0, 0.1) is 27.7 Å². The Hall–Kier alpha value is -2.79. The average Bonchev–Trinajstić information content (AvgIpc) is 2.95. The van der Waals surface area contributed by atoms with Gasteiger partial charge in [-0.15, -0.1) is 0 Å². The minimum Gasteiger partial charge on any atom is -0.489 e. The molecule has 0 radical (unpaired) electrons. The molecule has 2 aromatic carbocycles. The Morgan fingerprint density at radius 1 is 1.00 bits per heavy atom. The second-order valence-electron chi connectivity index (χ2n) is 7.10. The quantitative estimate of drug-likeness (QED) is 0.402. The van der Waals surface area contributed by atoms with E-state index in [9.17, 15) is 4.79 Å². The van der Waals surface area contributed by atoms with E-state index >= 15 is 0 Å². The largest absolute Gasteiger partial charge is 0.489 e. The van der Waals surface area contributed by atoms with E-state index in [2.05, 4.69) is 5.10 Å². The normalized spacial score (nSPS) is 10.8. The molecule has 0 atom stereocenters. The molecule has 152 valence electrons. The third-order valence-electron chi connectivity index (χ3n) is 4.69. The number of hydrogen-bond donors (Lipinski definition) is 0. The van der Waals surface area contributed by atoms with Gasteiger partial charge in [-0.1, -0.05) is 59.6 Å². The van der Waals surface area contributed by atoms with Crippen molar-refractivity contribution in [3.63, 3.8) is 0 Å². The van der Waals surface area contributed by atoms with Crippen molar-refractivity contribution in [1.29, 1.82) is 0 Å². The van der Waals surface area contributed by atoms with Gasteiger partial charge in [0.05, 0.1) is 12.2 Å². The highest BCUT2D eigenvalue weighted by Gasteiger charge is 2.22. The van der Waals surface area contributed by atoms with E-state index in [4.69, 9.17) is 21.1 Å². The summed E-state index contributed by atoms with van der Waals surface area (Å²) in [6, 6.07) is 14.1. The van der Waals surface area contributed by atoms with Crippen molar-refractivity contribution in [3.05, 3.63) is 81.1 Å². The van der Waals surface area contributed by atoms with Crippen LogP contribution in [0.25, 0.3) is 0 Å². The van der Waals surface area contributed by atoms with E-state index in [0.717, 1.165) is 22.4 Å².